The topological polar surface area (TPSA) is 105 Å². The number of para-hydroxylation sites is 2. The van der Waals surface area contributed by atoms with E-state index < -0.39 is 5.97 Å². The second-order valence-electron chi connectivity index (χ2n) is 6.93. The smallest absolute Gasteiger partial charge is 0.335 e. The fourth-order valence-electron chi connectivity index (χ4n) is 3.49. The van der Waals surface area contributed by atoms with Crippen LogP contribution in [-0.4, -0.2) is 42.2 Å². The molecule has 1 aliphatic rings. The Hall–Kier alpha value is -3.55. The van der Waals surface area contributed by atoms with Crippen molar-refractivity contribution < 1.29 is 23.8 Å². The molecule has 0 saturated carbocycles. The van der Waals surface area contributed by atoms with Crippen LogP contribution in [0, 0.1) is 5.92 Å². The van der Waals surface area contributed by atoms with Crippen LogP contribution in [0.4, 0.5) is 11.7 Å². The van der Waals surface area contributed by atoms with Gasteiger partial charge in [-0.25, -0.2) is 4.79 Å². The van der Waals surface area contributed by atoms with Gasteiger partial charge in [-0.2, -0.15) is 4.98 Å². The number of piperidine rings is 1. The number of carboxylic acid groups (broad SMARTS) is 1. The molecule has 8 heteroatoms. The lowest BCUT2D eigenvalue weighted by Crippen LogP contribution is -2.38. The zero-order valence-electron chi connectivity index (χ0n) is 15.9. The van der Waals surface area contributed by atoms with E-state index in [1.807, 2.05) is 29.2 Å². The van der Waals surface area contributed by atoms with Crippen LogP contribution in [0.15, 0.2) is 46.9 Å². The Labute approximate surface area is 167 Å². The van der Waals surface area contributed by atoms with Crippen LogP contribution < -0.4 is 15.0 Å². The summed E-state index contributed by atoms with van der Waals surface area (Å²) in [5.41, 5.74) is 2.13. The van der Waals surface area contributed by atoms with Gasteiger partial charge in [-0.15, -0.1) is 0 Å². The Kier molecular flexibility index (Phi) is 5.07. The number of ether oxygens (including phenoxy) is 1. The number of amides is 1. The average Bonchev–Trinajstić information content (AvgIpc) is 3.18. The number of methoxy groups -OCH3 is 1. The summed E-state index contributed by atoms with van der Waals surface area (Å²) in [5.74, 6) is -0.988. The van der Waals surface area contributed by atoms with Gasteiger partial charge in [-0.1, -0.05) is 12.1 Å². The molecule has 8 nitrogen and oxygen atoms in total. The van der Waals surface area contributed by atoms with Crippen molar-refractivity contribution in [2.75, 3.05) is 30.4 Å². The van der Waals surface area contributed by atoms with E-state index in [9.17, 15) is 9.59 Å². The fraction of sp³-hybridized carbons (Fsp3) is 0.286. The molecule has 0 radical (unpaired) electrons. The summed E-state index contributed by atoms with van der Waals surface area (Å²) in [6.07, 6.45) is 1.33. The van der Waals surface area contributed by atoms with Gasteiger partial charge in [-0.3, -0.25) is 4.79 Å². The zero-order valence-corrected chi connectivity index (χ0v) is 15.9. The van der Waals surface area contributed by atoms with Crippen LogP contribution in [0.1, 0.15) is 23.2 Å². The minimum Gasteiger partial charge on any atom is -0.495 e. The molecular weight excluding hydrogens is 374 g/mol. The number of anilines is 2. The molecule has 0 aliphatic carbocycles. The number of nitrogens with zero attached hydrogens (tertiary/aromatic N) is 2. The number of benzene rings is 2. The van der Waals surface area contributed by atoms with Gasteiger partial charge in [-0.05, 0) is 43.2 Å². The normalized spacial score (nSPS) is 14.7. The summed E-state index contributed by atoms with van der Waals surface area (Å²) in [6, 6.07) is 12.6. The molecule has 2 aromatic carbocycles. The molecule has 1 fully saturated rings. The van der Waals surface area contributed by atoms with Crippen molar-refractivity contribution >= 4 is 34.7 Å². The molecule has 29 heavy (non-hydrogen) atoms. The number of nitrogens with one attached hydrogen (secondary N) is 1. The lowest BCUT2D eigenvalue weighted by atomic mass is 9.96. The van der Waals surface area contributed by atoms with Crippen LogP contribution in [0.2, 0.25) is 0 Å². The Balaban J connectivity index is 1.39. The standard InChI is InChI=1S/C21H21N3O5/c1-28-18-12-14(20(26)27)6-7-16(18)22-19(25)13-8-10-24(11-9-13)21-23-15-4-2-3-5-17(15)29-21/h2-7,12-13H,8-11H2,1H3,(H,22,25)(H,26,27). The van der Waals surface area contributed by atoms with E-state index in [0.717, 1.165) is 11.1 Å². The van der Waals surface area contributed by atoms with Gasteiger partial charge < -0.3 is 24.5 Å². The molecule has 1 aliphatic heterocycles. The number of carbonyl (C=O) groups excluding carboxylic acids is 1. The van der Waals surface area contributed by atoms with Crippen molar-refractivity contribution in [2.45, 2.75) is 12.8 Å². The maximum absolute atomic E-state index is 12.7. The van der Waals surface area contributed by atoms with Gasteiger partial charge in [0.1, 0.15) is 11.3 Å². The minimum absolute atomic E-state index is 0.103. The average molecular weight is 395 g/mol. The summed E-state index contributed by atoms with van der Waals surface area (Å²) < 4.78 is 11.0. The molecule has 150 valence electrons. The van der Waals surface area contributed by atoms with Gasteiger partial charge in [0.15, 0.2) is 5.58 Å². The van der Waals surface area contributed by atoms with Crippen molar-refractivity contribution in [1.29, 1.82) is 0 Å². The first-order chi connectivity index (χ1) is 14.0. The molecule has 1 aromatic heterocycles. The molecule has 0 bridgehead atoms. The van der Waals surface area contributed by atoms with Crippen LogP contribution in [0.5, 0.6) is 5.75 Å². The van der Waals surface area contributed by atoms with Gasteiger partial charge in [0.05, 0.1) is 18.4 Å². The Bertz CT molecular complexity index is 1020. The van der Waals surface area contributed by atoms with Crippen molar-refractivity contribution in [3.63, 3.8) is 0 Å². The highest BCUT2D eigenvalue weighted by molar-refractivity contribution is 5.95. The van der Waals surface area contributed by atoms with E-state index >= 15 is 0 Å². The van der Waals surface area contributed by atoms with Gasteiger partial charge in [0.2, 0.25) is 5.91 Å². The number of hydrogen-bond acceptors (Lipinski definition) is 6. The first kappa shape index (κ1) is 18.8. The summed E-state index contributed by atoms with van der Waals surface area (Å²) in [4.78, 5) is 30.4. The SMILES string of the molecule is COc1cc(C(=O)O)ccc1NC(=O)C1CCN(c2nc3ccccc3o2)CC1. The van der Waals surface area contributed by atoms with Gasteiger partial charge in [0.25, 0.3) is 6.01 Å². The van der Waals surface area contributed by atoms with Gasteiger partial charge in [0, 0.05) is 19.0 Å². The predicted molar refractivity (Wildman–Crippen MR) is 108 cm³/mol. The van der Waals surface area contributed by atoms with E-state index in [2.05, 4.69) is 10.3 Å². The Morgan fingerprint density at radius 2 is 1.97 bits per heavy atom. The number of aromatic carboxylic acids is 1. The molecule has 4 rings (SSSR count). The van der Waals surface area contributed by atoms with Crippen molar-refractivity contribution in [1.82, 2.24) is 4.98 Å². The number of oxazole rings is 1. The highest BCUT2D eigenvalue weighted by Crippen LogP contribution is 2.29. The molecule has 3 aromatic rings. The van der Waals surface area contributed by atoms with Crippen LogP contribution in [0.25, 0.3) is 11.1 Å². The molecule has 1 saturated heterocycles. The predicted octanol–water partition coefficient (Wildman–Crippen LogP) is 3.39. The second kappa shape index (κ2) is 7.83. The van der Waals surface area contributed by atoms with Crippen LogP contribution >= 0.6 is 0 Å². The van der Waals surface area contributed by atoms with E-state index in [0.29, 0.717) is 43.4 Å². The third-order valence-electron chi connectivity index (χ3n) is 5.13. The highest BCUT2D eigenvalue weighted by atomic mass is 16.5. The molecule has 2 N–H and O–H groups in total. The van der Waals surface area contributed by atoms with E-state index in [1.54, 1.807) is 6.07 Å². The Morgan fingerprint density at radius 1 is 1.21 bits per heavy atom. The maximum atomic E-state index is 12.7. The van der Waals surface area contributed by atoms with Crippen molar-refractivity contribution in [2.24, 2.45) is 5.92 Å². The maximum Gasteiger partial charge on any atom is 0.335 e. The summed E-state index contributed by atoms with van der Waals surface area (Å²) in [6.45, 7) is 1.33. The fourth-order valence-corrected chi connectivity index (χ4v) is 3.49. The largest absolute Gasteiger partial charge is 0.495 e. The quantitative estimate of drug-likeness (QED) is 0.682. The second-order valence-corrected chi connectivity index (χ2v) is 6.93. The summed E-state index contributed by atoms with van der Waals surface area (Å²) in [5, 5.41) is 11.9. The molecule has 0 spiro atoms. The van der Waals surface area contributed by atoms with E-state index in [4.69, 9.17) is 14.3 Å². The first-order valence-corrected chi connectivity index (χ1v) is 9.38. The minimum atomic E-state index is -1.05. The number of fused-ring (bicyclic) bond motifs is 1. The number of hydrogen-bond donors (Lipinski definition) is 2. The third kappa shape index (κ3) is 3.87. The summed E-state index contributed by atoms with van der Waals surface area (Å²) >= 11 is 0. The number of carbonyl (C=O) groups is 2. The molecular formula is C21H21N3O5. The van der Waals surface area contributed by atoms with Crippen molar-refractivity contribution in [3.8, 4) is 5.75 Å². The molecule has 1 amide bonds. The zero-order chi connectivity index (χ0) is 20.4. The lowest BCUT2D eigenvalue weighted by Gasteiger charge is -2.30. The number of carboxylic acids is 1. The van der Waals surface area contributed by atoms with Crippen molar-refractivity contribution in [3.05, 3.63) is 48.0 Å². The van der Waals surface area contributed by atoms with Crippen LogP contribution in [-0.2, 0) is 4.79 Å². The Morgan fingerprint density at radius 3 is 2.66 bits per heavy atom. The van der Waals surface area contributed by atoms with E-state index in [-0.39, 0.29) is 17.4 Å². The molecule has 0 unspecified atom stereocenters. The number of aromatic nitrogens is 1. The monoisotopic (exact) mass is 395 g/mol. The number of rotatable bonds is 5. The molecule has 2 heterocycles. The lowest BCUT2D eigenvalue weighted by molar-refractivity contribution is -0.120. The third-order valence-corrected chi connectivity index (χ3v) is 5.13. The summed E-state index contributed by atoms with van der Waals surface area (Å²) in [7, 11) is 1.44. The van der Waals surface area contributed by atoms with Gasteiger partial charge >= 0.3 is 5.97 Å². The van der Waals surface area contributed by atoms with E-state index in [1.165, 1.54) is 19.2 Å². The highest BCUT2D eigenvalue weighted by Gasteiger charge is 2.28. The molecule has 0 atom stereocenters. The van der Waals surface area contributed by atoms with Crippen LogP contribution in [0.3, 0.4) is 0 Å². The first-order valence-electron chi connectivity index (χ1n) is 9.38.